The molecule has 0 unspecified atom stereocenters. The zero-order chi connectivity index (χ0) is 17.8. The normalized spacial score (nSPS) is 11.6. The SMILES string of the molecule is CN=C(NCCCCCCC(C)C)NCc1cccc(C(N)=O)c1. The number of rotatable bonds is 10. The van der Waals surface area contributed by atoms with Gasteiger partial charge >= 0.3 is 0 Å². The number of guanidine groups is 1. The van der Waals surface area contributed by atoms with E-state index in [1.54, 1.807) is 19.2 Å². The van der Waals surface area contributed by atoms with Crippen LogP contribution in [0.25, 0.3) is 0 Å². The van der Waals surface area contributed by atoms with Gasteiger partial charge in [-0.25, -0.2) is 0 Å². The number of nitrogens with two attached hydrogens (primary N) is 1. The average molecular weight is 332 g/mol. The molecule has 0 saturated heterocycles. The van der Waals surface area contributed by atoms with E-state index >= 15 is 0 Å². The summed E-state index contributed by atoms with van der Waals surface area (Å²) in [6.07, 6.45) is 6.33. The number of hydrogen-bond donors (Lipinski definition) is 3. The summed E-state index contributed by atoms with van der Waals surface area (Å²) in [5.41, 5.74) is 6.83. The van der Waals surface area contributed by atoms with Crippen molar-refractivity contribution in [2.75, 3.05) is 13.6 Å². The molecule has 1 rings (SSSR count). The Balaban J connectivity index is 2.23. The van der Waals surface area contributed by atoms with Gasteiger partial charge in [0.1, 0.15) is 0 Å². The molecule has 0 aliphatic rings. The van der Waals surface area contributed by atoms with E-state index in [9.17, 15) is 4.79 Å². The number of benzene rings is 1. The number of amides is 1. The van der Waals surface area contributed by atoms with Crippen molar-refractivity contribution < 1.29 is 4.79 Å². The van der Waals surface area contributed by atoms with Crippen molar-refractivity contribution in [3.63, 3.8) is 0 Å². The van der Waals surface area contributed by atoms with Gasteiger partial charge in [0.15, 0.2) is 5.96 Å². The molecule has 0 aliphatic carbocycles. The van der Waals surface area contributed by atoms with Gasteiger partial charge in [-0.3, -0.25) is 9.79 Å². The van der Waals surface area contributed by atoms with Gasteiger partial charge in [0.2, 0.25) is 5.91 Å². The first-order valence-corrected chi connectivity index (χ1v) is 8.86. The van der Waals surface area contributed by atoms with Gasteiger partial charge in [-0.2, -0.15) is 0 Å². The van der Waals surface area contributed by atoms with Crippen LogP contribution in [0.2, 0.25) is 0 Å². The molecule has 0 saturated carbocycles. The number of nitrogens with zero attached hydrogens (tertiary/aromatic N) is 1. The molecular formula is C19H32N4O. The van der Waals surface area contributed by atoms with Crippen LogP contribution in [0, 0.1) is 5.92 Å². The average Bonchev–Trinajstić information content (AvgIpc) is 2.56. The second-order valence-corrected chi connectivity index (χ2v) is 6.51. The van der Waals surface area contributed by atoms with Crippen LogP contribution in [-0.4, -0.2) is 25.5 Å². The maximum Gasteiger partial charge on any atom is 0.248 e. The van der Waals surface area contributed by atoms with Gasteiger partial charge in [-0.15, -0.1) is 0 Å². The quantitative estimate of drug-likeness (QED) is 0.350. The van der Waals surface area contributed by atoms with Crippen molar-refractivity contribution in [3.05, 3.63) is 35.4 Å². The molecule has 0 fully saturated rings. The van der Waals surface area contributed by atoms with Crippen LogP contribution in [0.4, 0.5) is 0 Å². The van der Waals surface area contributed by atoms with Gasteiger partial charge in [-0.1, -0.05) is 51.7 Å². The fraction of sp³-hybridized carbons (Fsp3) is 0.579. The summed E-state index contributed by atoms with van der Waals surface area (Å²) in [7, 11) is 1.76. The molecular weight excluding hydrogens is 300 g/mol. The van der Waals surface area contributed by atoms with E-state index in [0.717, 1.165) is 30.4 Å². The Morgan fingerprint density at radius 1 is 1.17 bits per heavy atom. The number of unbranched alkanes of at least 4 members (excludes halogenated alkanes) is 3. The molecule has 24 heavy (non-hydrogen) atoms. The van der Waals surface area contributed by atoms with E-state index in [2.05, 4.69) is 29.5 Å². The predicted octanol–water partition coefficient (Wildman–Crippen LogP) is 3.06. The van der Waals surface area contributed by atoms with Gasteiger partial charge < -0.3 is 16.4 Å². The molecule has 5 nitrogen and oxygen atoms in total. The van der Waals surface area contributed by atoms with Crippen LogP contribution in [-0.2, 0) is 6.54 Å². The van der Waals surface area contributed by atoms with Crippen LogP contribution < -0.4 is 16.4 Å². The lowest BCUT2D eigenvalue weighted by atomic mass is 10.0. The highest BCUT2D eigenvalue weighted by Crippen LogP contribution is 2.09. The van der Waals surface area contributed by atoms with E-state index < -0.39 is 5.91 Å². The lowest BCUT2D eigenvalue weighted by molar-refractivity contribution is 0.1000. The minimum absolute atomic E-state index is 0.406. The summed E-state index contributed by atoms with van der Waals surface area (Å²) in [4.78, 5) is 15.4. The lowest BCUT2D eigenvalue weighted by Gasteiger charge is -2.12. The van der Waals surface area contributed by atoms with Crippen LogP contribution in [0.3, 0.4) is 0 Å². The molecule has 1 amide bonds. The number of primary amides is 1. The largest absolute Gasteiger partial charge is 0.366 e. The van der Waals surface area contributed by atoms with Gasteiger partial charge in [0, 0.05) is 25.7 Å². The maximum absolute atomic E-state index is 11.2. The van der Waals surface area contributed by atoms with Crippen molar-refractivity contribution in [2.24, 2.45) is 16.6 Å². The first-order valence-electron chi connectivity index (χ1n) is 8.86. The number of hydrogen-bond acceptors (Lipinski definition) is 2. The molecule has 4 N–H and O–H groups in total. The smallest absolute Gasteiger partial charge is 0.248 e. The van der Waals surface area contributed by atoms with E-state index in [1.165, 1.54) is 25.7 Å². The zero-order valence-electron chi connectivity index (χ0n) is 15.3. The molecule has 1 aromatic carbocycles. The van der Waals surface area contributed by atoms with Gasteiger partial charge in [0.05, 0.1) is 0 Å². The standard InChI is InChI=1S/C19H32N4O/c1-15(2)9-6-4-5-7-12-22-19(21-3)23-14-16-10-8-11-17(13-16)18(20)24/h8,10-11,13,15H,4-7,9,12,14H2,1-3H3,(H2,20,24)(H2,21,22,23). The van der Waals surface area contributed by atoms with Crippen molar-refractivity contribution in [1.82, 2.24) is 10.6 Å². The van der Waals surface area contributed by atoms with E-state index in [0.29, 0.717) is 12.1 Å². The highest BCUT2D eigenvalue weighted by Gasteiger charge is 2.02. The van der Waals surface area contributed by atoms with E-state index in [4.69, 9.17) is 5.73 Å². The Labute approximate surface area is 146 Å². The second kappa shape index (κ2) is 11.5. The summed E-state index contributed by atoms with van der Waals surface area (Å²) < 4.78 is 0. The molecule has 0 aliphatic heterocycles. The Bertz CT molecular complexity index is 526. The molecule has 134 valence electrons. The van der Waals surface area contributed by atoms with Gasteiger partial charge in [0.25, 0.3) is 0 Å². The zero-order valence-corrected chi connectivity index (χ0v) is 15.3. The van der Waals surface area contributed by atoms with Crippen LogP contribution in [0.15, 0.2) is 29.3 Å². The van der Waals surface area contributed by atoms with Crippen molar-refractivity contribution in [1.29, 1.82) is 0 Å². The summed E-state index contributed by atoms with van der Waals surface area (Å²) in [5.74, 6) is 1.18. The van der Waals surface area contributed by atoms with Crippen molar-refractivity contribution >= 4 is 11.9 Å². The number of aliphatic imine (C=N–C) groups is 1. The molecule has 5 heteroatoms. The topological polar surface area (TPSA) is 79.5 Å². The molecule has 1 aromatic rings. The minimum Gasteiger partial charge on any atom is -0.366 e. The first-order chi connectivity index (χ1) is 11.5. The fourth-order valence-electron chi connectivity index (χ4n) is 2.48. The van der Waals surface area contributed by atoms with Crippen molar-refractivity contribution in [3.8, 4) is 0 Å². The molecule has 0 heterocycles. The highest BCUT2D eigenvalue weighted by atomic mass is 16.1. The minimum atomic E-state index is -0.406. The third-order valence-corrected chi connectivity index (χ3v) is 3.90. The summed E-state index contributed by atoms with van der Waals surface area (Å²) in [6.45, 7) is 6.07. The van der Waals surface area contributed by atoms with Crippen molar-refractivity contribution in [2.45, 2.75) is 52.5 Å². The summed E-state index contributed by atoms with van der Waals surface area (Å²) >= 11 is 0. The predicted molar refractivity (Wildman–Crippen MR) is 101 cm³/mol. The Morgan fingerprint density at radius 2 is 1.92 bits per heavy atom. The Hall–Kier alpha value is -2.04. The monoisotopic (exact) mass is 332 g/mol. The molecule has 0 atom stereocenters. The second-order valence-electron chi connectivity index (χ2n) is 6.51. The Morgan fingerprint density at radius 3 is 2.58 bits per heavy atom. The van der Waals surface area contributed by atoms with Crippen LogP contribution >= 0.6 is 0 Å². The number of carbonyl (C=O) groups excluding carboxylic acids is 1. The third-order valence-electron chi connectivity index (χ3n) is 3.90. The Kier molecular flexibility index (Phi) is 9.58. The fourth-order valence-corrected chi connectivity index (χ4v) is 2.48. The number of nitrogens with one attached hydrogen (secondary N) is 2. The highest BCUT2D eigenvalue weighted by molar-refractivity contribution is 5.92. The lowest BCUT2D eigenvalue weighted by Crippen LogP contribution is -2.37. The van der Waals surface area contributed by atoms with Gasteiger partial charge in [-0.05, 0) is 30.0 Å². The third kappa shape index (κ3) is 8.56. The summed E-state index contributed by atoms with van der Waals surface area (Å²) in [5, 5.41) is 6.58. The van der Waals surface area contributed by atoms with Crippen LogP contribution in [0.5, 0.6) is 0 Å². The maximum atomic E-state index is 11.2. The molecule has 0 radical (unpaired) electrons. The van der Waals surface area contributed by atoms with E-state index in [1.807, 2.05) is 12.1 Å². The van der Waals surface area contributed by atoms with E-state index in [-0.39, 0.29) is 0 Å². The number of carbonyl (C=O) groups is 1. The van der Waals surface area contributed by atoms with Crippen LogP contribution in [0.1, 0.15) is 61.9 Å². The molecule has 0 aromatic heterocycles. The molecule has 0 spiro atoms. The molecule has 0 bridgehead atoms. The first kappa shape index (κ1) is 20.0. The summed E-state index contributed by atoms with van der Waals surface area (Å²) in [6, 6.07) is 7.32.